The Labute approximate surface area is 164 Å². The van der Waals surface area contributed by atoms with Crippen molar-refractivity contribution in [2.24, 2.45) is 0 Å². The topological polar surface area (TPSA) is 66.5 Å². The van der Waals surface area contributed by atoms with Gasteiger partial charge in [0, 0.05) is 49.5 Å². The van der Waals surface area contributed by atoms with Crippen LogP contribution in [0.5, 0.6) is 0 Å². The Morgan fingerprint density at radius 2 is 1.93 bits per heavy atom. The van der Waals surface area contributed by atoms with Crippen LogP contribution < -0.4 is 10.6 Å². The van der Waals surface area contributed by atoms with Crippen molar-refractivity contribution < 1.29 is 9.53 Å². The minimum Gasteiger partial charge on any atom is -0.379 e. The van der Waals surface area contributed by atoms with Gasteiger partial charge in [-0.1, -0.05) is 23.7 Å². The lowest BCUT2D eigenvalue weighted by Crippen LogP contribution is -2.41. The number of ether oxygens (including phenoxy) is 1. The summed E-state index contributed by atoms with van der Waals surface area (Å²) in [5.74, 6) is 0.621. The Bertz CT molecular complexity index is 733. The van der Waals surface area contributed by atoms with Crippen LogP contribution in [-0.4, -0.2) is 61.7 Å². The molecule has 1 aliphatic heterocycles. The second-order valence-electron chi connectivity index (χ2n) is 6.44. The molecule has 1 aliphatic rings. The Kier molecular flexibility index (Phi) is 7.45. The van der Waals surface area contributed by atoms with E-state index in [9.17, 15) is 4.79 Å². The molecule has 1 amide bonds. The quantitative estimate of drug-likeness (QED) is 0.727. The van der Waals surface area contributed by atoms with Crippen molar-refractivity contribution in [1.29, 1.82) is 0 Å². The van der Waals surface area contributed by atoms with E-state index in [4.69, 9.17) is 16.3 Å². The number of hydrogen-bond donors (Lipinski definition) is 2. The molecule has 2 N–H and O–H groups in total. The van der Waals surface area contributed by atoms with Gasteiger partial charge < -0.3 is 15.4 Å². The predicted octanol–water partition coefficient (Wildman–Crippen LogP) is 2.45. The molecule has 144 valence electrons. The van der Waals surface area contributed by atoms with E-state index >= 15 is 0 Å². The number of nitrogens with zero attached hydrogens (tertiary/aromatic N) is 2. The Morgan fingerprint density at radius 3 is 2.70 bits per heavy atom. The highest BCUT2D eigenvalue weighted by molar-refractivity contribution is 6.30. The molecule has 0 unspecified atom stereocenters. The lowest BCUT2D eigenvalue weighted by molar-refractivity contribution is 0.0383. The van der Waals surface area contributed by atoms with E-state index < -0.39 is 0 Å². The van der Waals surface area contributed by atoms with Crippen molar-refractivity contribution in [3.63, 3.8) is 0 Å². The minimum atomic E-state index is -0.0774. The molecule has 6 nitrogen and oxygen atoms in total. The van der Waals surface area contributed by atoms with Crippen LogP contribution in [0.15, 0.2) is 42.6 Å². The average molecular weight is 389 g/mol. The lowest BCUT2D eigenvalue weighted by atomic mass is 10.1. The van der Waals surface area contributed by atoms with Gasteiger partial charge >= 0.3 is 0 Å². The van der Waals surface area contributed by atoms with Gasteiger partial charge in [-0.3, -0.25) is 9.69 Å². The van der Waals surface area contributed by atoms with Gasteiger partial charge in [-0.25, -0.2) is 4.98 Å². The van der Waals surface area contributed by atoms with Crippen LogP contribution in [0.25, 0.3) is 0 Å². The Morgan fingerprint density at radius 1 is 1.15 bits per heavy atom. The molecule has 1 aromatic heterocycles. The fraction of sp³-hybridized carbons (Fsp3) is 0.400. The van der Waals surface area contributed by atoms with Gasteiger partial charge in [-0.05, 0) is 36.2 Å². The summed E-state index contributed by atoms with van der Waals surface area (Å²) >= 11 is 5.90. The maximum atomic E-state index is 12.3. The molecule has 0 bridgehead atoms. The number of benzene rings is 1. The highest BCUT2D eigenvalue weighted by atomic mass is 35.5. The van der Waals surface area contributed by atoms with Gasteiger partial charge in [0.15, 0.2) is 0 Å². The van der Waals surface area contributed by atoms with Crippen LogP contribution in [0.2, 0.25) is 5.02 Å². The molecule has 2 heterocycles. The van der Waals surface area contributed by atoms with E-state index in [0.29, 0.717) is 17.9 Å². The Balaban J connectivity index is 1.43. The van der Waals surface area contributed by atoms with E-state index in [1.165, 1.54) is 5.56 Å². The monoisotopic (exact) mass is 388 g/mol. The highest BCUT2D eigenvalue weighted by Gasteiger charge is 2.11. The summed E-state index contributed by atoms with van der Waals surface area (Å²) in [6.45, 7) is 5.58. The zero-order valence-corrected chi connectivity index (χ0v) is 16.0. The van der Waals surface area contributed by atoms with Crippen molar-refractivity contribution >= 4 is 23.3 Å². The maximum Gasteiger partial charge on any atom is 0.251 e. The maximum absolute atomic E-state index is 12.3. The van der Waals surface area contributed by atoms with Crippen LogP contribution >= 0.6 is 11.6 Å². The van der Waals surface area contributed by atoms with E-state index in [1.807, 2.05) is 24.3 Å². The number of carbonyl (C=O) groups is 1. The fourth-order valence-corrected chi connectivity index (χ4v) is 3.03. The molecular formula is C20H25ClN4O2. The number of rotatable bonds is 8. The van der Waals surface area contributed by atoms with Gasteiger partial charge in [0.05, 0.1) is 13.2 Å². The first-order valence-corrected chi connectivity index (χ1v) is 9.61. The zero-order chi connectivity index (χ0) is 18.9. The van der Waals surface area contributed by atoms with E-state index in [1.54, 1.807) is 18.3 Å². The molecule has 27 heavy (non-hydrogen) atoms. The molecule has 1 fully saturated rings. The molecule has 3 rings (SSSR count). The number of carbonyl (C=O) groups excluding carboxylic acids is 1. The standard InChI is InChI=1S/C20H25ClN4O2/c21-18-3-1-16(2-4-18)5-7-22-19-15-17(6-8-23-19)20(26)24-9-10-25-11-13-27-14-12-25/h1-4,6,8,15H,5,7,9-14H2,(H,22,23)(H,24,26). The third-order valence-corrected chi connectivity index (χ3v) is 4.72. The lowest BCUT2D eigenvalue weighted by Gasteiger charge is -2.26. The van der Waals surface area contributed by atoms with Gasteiger partial charge in [0.1, 0.15) is 5.82 Å². The number of hydrogen-bond acceptors (Lipinski definition) is 5. The second kappa shape index (κ2) is 10.3. The zero-order valence-electron chi connectivity index (χ0n) is 15.3. The number of aromatic nitrogens is 1. The normalized spacial score (nSPS) is 14.7. The summed E-state index contributed by atoms with van der Waals surface area (Å²) in [5, 5.41) is 6.97. The van der Waals surface area contributed by atoms with Crippen molar-refractivity contribution in [2.75, 3.05) is 51.3 Å². The van der Waals surface area contributed by atoms with Crippen molar-refractivity contribution in [3.8, 4) is 0 Å². The molecular weight excluding hydrogens is 364 g/mol. The van der Waals surface area contributed by atoms with Crippen LogP contribution in [0.1, 0.15) is 15.9 Å². The number of nitrogens with one attached hydrogen (secondary N) is 2. The van der Waals surface area contributed by atoms with E-state index in [-0.39, 0.29) is 5.91 Å². The Hall–Kier alpha value is -2.15. The third-order valence-electron chi connectivity index (χ3n) is 4.47. The number of halogens is 1. The fourth-order valence-electron chi connectivity index (χ4n) is 2.91. The number of anilines is 1. The van der Waals surface area contributed by atoms with Crippen LogP contribution in [0.4, 0.5) is 5.82 Å². The van der Waals surface area contributed by atoms with Gasteiger partial charge in [0.25, 0.3) is 5.91 Å². The first-order valence-electron chi connectivity index (χ1n) is 9.23. The molecule has 0 atom stereocenters. The molecule has 0 aliphatic carbocycles. The predicted molar refractivity (Wildman–Crippen MR) is 107 cm³/mol. The minimum absolute atomic E-state index is 0.0774. The molecule has 0 saturated carbocycles. The SMILES string of the molecule is O=C(NCCN1CCOCC1)c1ccnc(NCCc2ccc(Cl)cc2)c1. The number of pyridine rings is 1. The summed E-state index contributed by atoms with van der Waals surface area (Å²) in [7, 11) is 0. The van der Waals surface area contributed by atoms with Crippen molar-refractivity contribution in [3.05, 3.63) is 58.7 Å². The van der Waals surface area contributed by atoms with Gasteiger partial charge in [-0.2, -0.15) is 0 Å². The highest BCUT2D eigenvalue weighted by Crippen LogP contribution is 2.11. The average Bonchev–Trinajstić information content (AvgIpc) is 2.70. The van der Waals surface area contributed by atoms with E-state index in [0.717, 1.165) is 50.8 Å². The van der Waals surface area contributed by atoms with Gasteiger partial charge in [-0.15, -0.1) is 0 Å². The number of amides is 1. The van der Waals surface area contributed by atoms with Crippen LogP contribution in [-0.2, 0) is 11.2 Å². The molecule has 1 saturated heterocycles. The third kappa shape index (κ3) is 6.50. The summed E-state index contributed by atoms with van der Waals surface area (Å²) < 4.78 is 5.33. The number of morpholine rings is 1. The van der Waals surface area contributed by atoms with Crippen molar-refractivity contribution in [1.82, 2.24) is 15.2 Å². The first kappa shape index (κ1) is 19.6. The van der Waals surface area contributed by atoms with Crippen LogP contribution in [0, 0.1) is 0 Å². The first-order chi connectivity index (χ1) is 13.2. The molecule has 0 spiro atoms. The molecule has 7 heteroatoms. The van der Waals surface area contributed by atoms with Crippen LogP contribution in [0.3, 0.4) is 0 Å². The summed E-state index contributed by atoms with van der Waals surface area (Å²) in [4.78, 5) is 18.9. The second-order valence-corrected chi connectivity index (χ2v) is 6.88. The van der Waals surface area contributed by atoms with Gasteiger partial charge in [0.2, 0.25) is 0 Å². The summed E-state index contributed by atoms with van der Waals surface area (Å²) in [6.07, 6.45) is 2.51. The molecule has 2 aromatic rings. The summed E-state index contributed by atoms with van der Waals surface area (Å²) in [6, 6.07) is 11.3. The smallest absolute Gasteiger partial charge is 0.251 e. The van der Waals surface area contributed by atoms with E-state index in [2.05, 4.69) is 20.5 Å². The molecule has 1 aromatic carbocycles. The van der Waals surface area contributed by atoms with Crippen molar-refractivity contribution in [2.45, 2.75) is 6.42 Å². The summed E-state index contributed by atoms with van der Waals surface area (Å²) in [5.41, 5.74) is 1.81. The molecule has 0 radical (unpaired) electrons. The largest absolute Gasteiger partial charge is 0.379 e.